The molecule has 0 saturated heterocycles. The van der Waals surface area contributed by atoms with Gasteiger partial charge in [0.15, 0.2) is 11.5 Å². The number of esters is 1. The van der Waals surface area contributed by atoms with Crippen molar-refractivity contribution in [1.82, 2.24) is 14.1 Å². The van der Waals surface area contributed by atoms with Gasteiger partial charge in [0.1, 0.15) is 0 Å². The molecule has 7 nitrogen and oxygen atoms in total. The van der Waals surface area contributed by atoms with Crippen LogP contribution in [-0.2, 0) is 11.8 Å². The Hall–Kier alpha value is -3.09. The molecule has 0 amide bonds. The first-order valence-electron chi connectivity index (χ1n) is 8.90. The average Bonchev–Trinajstić information content (AvgIpc) is 3.01. The van der Waals surface area contributed by atoms with Crippen LogP contribution < -0.4 is 10.3 Å². The number of carbonyl (C=O) groups excluding carboxylic acids is 1. The van der Waals surface area contributed by atoms with E-state index in [1.54, 1.807) is 7.05 Å². The van der Waals surface area contributed by atoms with Crippen molar-refractivity contribution in [2.75, 3.05) is 14.2 Å². The van der Waals surface area contributed by atoms with Crippen molar-refractivity contribution in [1.29, 1.82) is 0 Å². The van der Waals surface area contributed by atoms with E-state index in [2.05, 4.69) is 15.6 Å². The van der Waals surface area contributed by atoms with Gasteiger partial charge in [0.05, 0.1) is 19.9 Å². The maximum absolute atomic E-state index is 12.8. The molecular weight excluding hydrogens is 346 g/mol. The molecule has 3 aromatic rings. The molecule has 2 heterocycles. The number of rotatable bonds is 4. The molecule has 1 aliphatic rings. The third kappa shape index (κ3) is 2.61. The lowest BCUT2D eigenvalue weighted by molar-refractivity contribution is 0.0589. The number of fused-ring (bicyclic) bond motifs is 1. The van der Waals surface area contributed by atoms with Gasteiger partial charge in [-0.1, -0.05) is 18.2 Å². The highest BCUT2D eigenvalue weighted by molar-refractivity contribution is 5.91. The van der Waals surface area contributed by atoms with Crippen molar-refractivity contribution in [3.05, 3.63) is 46.4 Å². The highest BCUT2D eigenvalue weighted by Gasteiger charge is 2.28. The number of carbonyl (C=O) groups is 1. The maximum Gasteiger partial charge on any atom is 0.360 e. The average molecular weight is 367 g/mol. The van der Waals surface area contributed by atoms with Crippen molar-refractivity contribution in [3.63, 3.8) is 0 Å². The second kappa shape index (κ2) is 6.57. The number of nitrogens with zero attached hydrogens (tertiary/aromatic N) is 3. The SMILES string of the molecule is COC(=O)c1nc(-c2cc3ccccc3n2C2CCC2)n(C)c(=O)c1OC. The zero-order valence-electron chi connectivity index (χ0n) is 15.6. The molecule has 7 heteroatoms. The number of benzene rings is 1. The van der Waals surface area contributed by atoms with Crippen LogP contribution in [0.25, 0.3) is 22.4 Å². The van der Waals surface area contributed by atoms with Crippen LogP contribution in [0, 0.1) is 0 Å². The van der Waals surface area contributed by atoms with E-state index in [0.717, 1.165) is 29.4 Å². The van der Waals surface area contributed by atoms with E-state index in [1.165, 1.54) is 25.2 Å². The molecular formula is C20H21N3O4. The molecule has 140 valence electrons. The summed E-state index contributed by atoms with van der Waals surface area (Å²) < 4.78 is 13.6. The molecule has 1 aliphatic carbocycles. The van der Waals surface area contributed by atoms with Gasteiger partial charge in [-0.25, -0.2) is 9.78 Å². The fraction of sp³-hybridized carbons (Fsp3) is 0.350. The first-order valence-corrected chi connectivity index (χ1v) is 8.90. The second-order valence-corrected chi connectivity index (χ2v) is 6.72. The number of hydrogen-bond donors (Lipinski definition) is 0. The van der Waals surface area contributed by atoms with E-state index in [-0.39, 0.29) is 11.4 Å². The van der Waals surface area contributed by atoms with Crippen LogP contribution >= 0.6 is 0 Å². The van der Waals surface area contributed by atoms with Crippen LogP contribution in [0.2, 0.25) is 0 Å². The van der Waals surface area contributed by atoms with Gasteiger partial charge in [-0.15, -0.1) is 0 Å². The fourth-order valence-corrected chi connectivity index (χ4v) is 3.62. The van der Waals surface area contributed by atoms with E-state index >= 15 is 0 Å². The fourth-order valence-electron chi connectivity index (χ4n) is 3.62. The molecule has 1 fully saturated rings. The largest absolute Gasteiger partial charge is 0.489 e. The third-order valence-electron chi connectivity index (χ3n) is 5.25. The molecule has 4 rings (SSSR count). The Morgan fingerprint density at radius 3 is 2.59 bits per heavy atom. The summed E-state index contributed by atoms with van der Waals surface area (Å²) >= 11 is 0. The zero-order chi connectivity index (χ0) is 19.1. The normalized spacial score (nSPS) is 14.2. The first kappa shape index (κ1) is 17.3. The second-order valence-electron chi connectivity index (χ2n) is 6.72. The standard InChI is InChI=1S/C20H21N3O4/c1-22-18(21-16(20(25)27-3)17(26-2)19(22)24)15-11-12-7-4-5-10-14(12)23(15)13-8-6-9-13/h4-5,7,10-11,13H,6,8-9H2,1-3H3. The summed E-state index contributed by atoms with van der Waals surface area (Å²) in [5, 5.41) is 1.07. The van der Waals surface area contributed by atoms with Gasteiger partial charge in [0.25, 0.3) is 5.56 Å². The molecule has 1 saturated carbocycles. The third-order valence-corrected chi connectivity index (χ3v) is 5.25. The minimum atomic E-state index is -0.697. The molecule has 0 bridgehead atoms. The predicted molar refractivity (Wildman–Crippen MR) is 101 cm³/mol. The lowest BCUT2D eigenvalue weighted by Crippen LogP contribution is -2.27. The van der Waals surface area contributed by atoms with Crippen LogP contribution in [0.5, 0.6) is 5.75 Å². The maximum atomic E-state index is 12.8. The Morgan fingerprint density at radius 1 is 1.22 bits per heavy atom. The van der Waals surface area contributed by atoms with Crippen LogP contribution in [0.4, 0.5) is 0 Å². The van der Waals surface area contributed by atoms with E-state index in [4.69, 9.17) is 9.47 Å². The van der Waals surface area contributed by atoms with Crippen LogP contribution in [0.3, 0.4) is 0 Å². The summed E-state index contributed by atoms with van der Waals surface area (Å²) in [7, 11) is 4.23. The lowest BCUT2D eigenvalue weighted by Gasteiger charge is -2.30. The Labute approximate surface area is 156 Å². The minimum absolute atomic E-state index is 0.108. The van der Waals surface area contributed by atoms with Gasteiger partial charge >= 0.3 is 5.97 Å². The first-order chi connectivity index (χ1) is 13.1. The summed E-state index contributed by atoms with van der Waals surface area (Å²) in [6.07, 6.45) is 3.35. The van der Waals surface area contributed by atoms with Crippen molar-refractivity contribution in [3.8, 4) is 17.3 Å². The van der Waals surface area contributed by atoms with Crippen molar-refractivity contribution < 1.29 is 14.3 Å². The van der Waals surface area contributed by atoms with Crippen LogP contribution in [0.15, 0.2) is 35.1 Å². The van der Waals surface area contributed by atoms with Crippen molar-refractivity contribution in [2.24, 2.45) is 7.05 Å². The Kier molecular flexibility index (Phi) is 4.22. The van der Waals surface area contributed by atoms with Gasteiger partial charge < -0.3 is 14.0 Å². The molecule has 0 atom stereocenters. The molecule has 0 aliphatic heterocycles. The minimum Gasteiger partial charge on any atom is -0.489 e. The Bertz CT molecular complexity index is 1090. The van der Waals surface area contributed by atoms with E-state index < -0.39 is 11.5 Å². The van der Waals surface area contributed by atoms with Crippen molar-refractivity contribution in [2.45, 2.75) is 25.3 Å². The Balaban J connectivity index is 2.03. The van der Waals surface area contributed by atoms with Gasteiger partial charge in [-0.05, 0) is 31.4 Å². The quantitative estimate of drug-likeness (QED) is 0.663. The molecule has 0 unspecified atom stereocenters. The zero-order valence-corrected chi connectivity index (χ0v) is 15.6. The molecule has 0 N–H and O–H groups in total. The summed E-state index contributed by atoms with van der Waals surface area (Å²) in [6, 6.07) is 10.5. The van der Waals surface area contributed by atoms with Crippen LogP contribution in [-0.4, -0.2) is 34.3 Å². The monoisotopic (exact) mass is 367 g/mol. The van der Waals surface area contributed by atoms with E-state index in [9.17, 15) is 9.59 Å². The van der Waals surface area contributed by atoms with Gasteiger partial charge in [-0.2, -0.15) is 0 Å². The number of aromatic nitrogens is 3. The van der Waals surface area contributed by atoms with Crippen molar-refractivity contribution >= 4 is 16.9 Å². The topological polar surface area (TPSA) is 75.4 Å². The van der Waals surface area contributed by atoms with Crippen LogP contribution in [0.1, 0.15) is 35.8 Å². The number of para-hydroxylation sites is 1. The molecule has 1 aromatic carbocycles. The highest BCUT2D eigenvalue weighted by Crippen LogP contribution is 2.39. The Morgan fingerprint density at radius 2 is 1.96 bits per heavy atom. The predicted octanol–water partition coefficient (Wildman–Crippen LogP) is 2.92. The van der Waals surface area contributed by atoms with Gasteiger partial charge in [0, 0.05) is 24.0 Å². The number of methoxy groups -OCH3 is 2. The van der Waals surface area contributed by atoms with E-state index in [1.807, 2.05) is 24.3 Å². The molecule has 27 heavy (non-hydrogen) atoms. The molecule has 0 radical (unpaired) electrons. The summed E-state index contributed by atoms with van der Waals surface area (Å²) in [5.41, 5.74) is 1.38. The highest BCUT2D eigenvalue weighted by atomic mass is 16.5. The van der Waals surface area contributed by atoms with E-state index in [0.29, 0.717) is 11.9 Å². The molecule has 0 spiro atoms. The number of ether oxygens (including phenoxy) is 2. The molecule has 2 aromatic heterocycles. The summed E-state index contributed by atoms with van der Waals surface area (Å²) in [6.45, 7) is 0. The summed E-state index contributed by atoms with van der Waals surface area (Å²) in [5.74, 6) is -0.388. The van der Waals surface area contributed by atoms with Gasteiger partial charge in [0.2, 0.25) is 5.75 Å². The van der Waals surface area contributed by atoms with Gasteiger partial charge in [-0.3, -0.25) is 9.36 Å². The number of hydrogen-bond acceptors (Lipinski definition) is 5. The smallest absolute Gasteiger partial charge is 0.360 e. The summed E-state index contributed by atoms with van der Waals surface area (Å²) in [4.78, 5) is 29.5. The lowest BCUT2D eigenvalue weighted by atomic mass is 9.92.